The van der Waals surface area contributed by atoms with E-state index in [4.69, 9.17) is 9.72 Å². The summed E-state index contributed by atoms with van der Waals surface area (Å²) in [4.78, 5) is 5.04. The number of nitrogens with zero attached hydrogens (tertiary/aromatic N) is 4. The summed E-state index contributed by atoms with van der Waals surface area (Å²) in [6.45, 7) is 0. The predicted octanol–water partition coefficient (Wildman–Crippen LogP) is 14.0. The maximum absolute atomic E-state index is 6.71. The van der Waals surface area contributed by atoms with Crippen LogP contribution in [0.2, 0.25) is 0 Å². The minimum Gasteiger partial charge on any atom is -0.456 e. The summed E-state index contributed by atoms with van der Waals surface area (Å²) in [6.07, 6.45) is 4.08. The number of benzene rings is 8. The van der Waals surface area contributed by atoms with Crippen LogP contribution in [0.1, 0.15) is 0 Å². The molecule has 0 fully saturated rings. The highest BCUT2D eigenvalue weighted by Crippen LogP contribution is 2.42. The van der Waals surface area contributed by atoms with Crippen molar-refractivity contribution in [3.8, 4) is 62.1 Å². The summed E-state index contributed by atoms with van der Waals surface area (Å²) in [5.41, 5.74) is 13.4. The molecule has 0 saturated carbocycles. The fourth-order valence-corrected chi connectivity index (χ4v) is 8.48. The van der Waals surface area contributed by atoms with Crippen molar-refractivity contribution in [1.29, 1.82) is 0 Å². The Labute approximate surface area is 341 Å². The third-order valence-electron chi connectivity index (χ3n) is 11.1. The number of ether oxygens (including phenoxy) is 1. The van der Waals surface area contributed by atoms with Crippen molar-refractivity contribution in [2.75, 3.05) is 0 Å². The summed E-state index contributed by atoms with van der Waals surface area (Å²) >= 11 is 0. The minimum atomic E-state index is 0.743. The molecular weight excluding hydrogens is 721 g/mol. The summed E-state index contributed by atoms with van der Waals surface area (Å²) in [5.74, 6) is 2.33. The molecule has 0 spiro atoms. The number of rotatable bonds is 8. The standard InChI is InChI=1S/C54H37N4O/c1-4-16-38(17-5-1)45-25-15-26-46(39-18-6-2-7-19-39)54(45)40-32-33-55-53(34-40)58-49-27-11-10-24-47(49)48-31-30-44(36-52(48)58)59-43-23-14-22-42(35-43)57-37-56(41-20-8-3-9-21-41)50-28-12-13-29-51(50)57/h1-37H/q+1. The number of aromatic nitrogens is 4. The smallest absolute Gasteiger partial charge is 0.168 e. The molecule has 278 valence electrons. The summed E-state index contributed by atoms with van der Waals surface area (Å²) in [7, 11) is 0. The third kappa shape index (κ3) is 6.13. The van der Waals surface area contributed by atoms with Crippen LogP contribution in [0.4, 0.5) is 0 Å². The van der Waals surface area contributed by atoms with Crippen molar-refractivity contribution >= 4 is 32.8 Å². The number of fused-ring (bicyclic) bond motifs is 4. The quantitative estimate of drug-likeness (QED) is 0.145. The third-order valence-corrected chi connectivity index (χ3v) is 11.1. The van der Waals surface area contributed by atoms with Gasteiger partial charge in [-0.2, -0.15) is 9.13 Å². The Balaban J connectivity index is 1.02. The summed E-state index contributed by atoms with van der Waals surface area (Å²) in [5, 5.41) is 2.29. The lowest BCUT2D eigenvalue weighted by Crippen LogP contribution is -1.99. The zero-order valence-electron chi connectivity index (χ0n) is 32.1. The lowest BCUT2D eigenvalue weighted by atomic mass is 9.88. The van der Waals surface area contributed by atoms with Gasteiger partial charge in [0.2, 0.25) is 0 Å². The van der Waals surface area contributed by atoms with E-state index in [1.807, 2.05) is 24.4 Å². The Hall–Kier alpha value is -8.02. The molecule has 0 atom stereocenters. The fraction of sp³-hybridized carbons (Fsp3) is 0. The van der Waals surface area contributed by atoms with Gasteiger partial charge in [-0.3, -0.25) is 4.57 Å². The van der Waals surface area contributed by atoms with E-state index in [0.717, 1.165) is 67.1 Å². The van der Waals surface area contributed by atoms with Gasteiger partial charge in [0, 0.05) is 41.2 Å². The highest BCUT2D eigenvalue weighted by Gasteiger charge is 2.20. The zero-order chi connectivity index (χ0) is 39.1. The molecule has 11 aromatic rings. The van der Waals surface area contributed by atoms with Gasteiger partial charge in [0.15, 0.2) is 17.4 Å². The van der Waals surface area contributed by atoms with E-state index < -0.39 is 0 Å². The van der Waals surface area contributed by atoms with Crippen molar-refractivity contribution < 1.29 is 4.74 Å². The predicted molar refractivity (Wildman–Crippen MR) is 242 cm³/mol. The fourth-order valence-electron chi connectivity index (χ4n) is 8.48. The molecule has 3 aromatic heterocycles. The van der Waals surface area contributed by atoms with Gasteiger partial charge in [-0.05, 0) is 94.0 Å². The lowest BCUT2D eigenvalue weighted by molar-refractivity contribution is 0.483. The van der Waals surface area contributed by atoms with Gasteiger partial charge in [0.25, 0.3) is 0 Å². The molecule has 0 aliphatic heterocycles. The van der Waals surface area contributed by atoms with Crippen LogP contribution in [0.3, 0.4) is 0 Å². The van der Waals surface area contributed by atoms with Crippen LogP contribution >= 0.6 is 0 Å². The summed E-state index contributed by atoms with van der Waals surface area (Å²) < 4.78 is 13.4. The zero-order valence-corrected chi connectivity index (χ0v) is 32.1. The topological polar surface area (TPSA) is 36.9 Å². The van der Waals surface area contributed by atoms with E-state index in [0.29, 0.717) is 0 Å². The van der Waals surface area contributed by atoms with Gasteiger partial charge in [-0.25, -0.2) is 4.98 Å². The van der Waals surface area contributed by atoms with Gasteiger partial charge in [0.05, 0.1) is 11.0 Å². The summed E-state index contributed by atoms with van der Waals surface area (Å²) in [6, 6.07) is 74.3. The molecule has 0 amide bonds. The molecule has 0 unspecified atom stereocenters. The highest BCUT2D eigenvalue weighted by atomic mass is 16.5. The van der Waals surface area contributed by atoms with Gasteiger partial charge < -0.3 is 4.74 Å². The van der Waals surface area contributed by atoms with Crippen molar-refractivity contribution in [1.82, 2.24) is 18.7 Å². The van der Waals surface area contributed by atoms with E-state index in [1.165, 1.54) is 27.8 Å². The SMILES string of the molecule is c1ccc(-c2cccc(-c3ccccc3)c2-c2ccnc(-n3c4ccccc4c4ccc(Oc5cccc(-n6[cH+]n(-c7ccccc7)c7ccccc76)c5)cc43)c2)cc1. The second kappa shape index (κ2) is 14.5. The second-order valence-corrected chi connectivity index (χ2v) is 14.7. The first-order chi connectivity index (χ1) is 29.3. The Kier molecular flexibility index (Phi) is 8.41. The number of imidazole rings is 1. The Bertz CT molecular complexity index is 3240. The molecule has 8 aromatic carbocycles. The molecule has 3 heterocycles. The maximum atomic E-state index is 6.71. The molecule has 0 radical (unpaired) electrons. The molecule has 0 aliphatic carbocycles. The van der Waals surface area contributed by atoms with Crippen molar-refractivity contribution in [2.24, 2.45) is 0 Å². The number of hydrogen-bond acceptors (Lipinski definition) is 2. The number of para-hydroxylation sites is 4. The maximum Gasteiger partial charge on any atom is 0.168 e. The Morgan fingerprint density at radius 3 is 1.66 bits per heavy atom. The average Bonchev–Trinajstić information content (AvgIpc) is 3.86. The molecule has 0 N–H and O–H groups in total. The van der Waals surface area contributed by atoms with E-state index in [1.54, 1.807) is 0 Å². The van der Waals surface area contributed by atoms with Crippen molar-refractivity contribution in [3.63, 3.8) is 0 Å². The normalized spacial score (nSPS) is 11.4. The molecule has 0 saturated heterocycles. The van der Waals surface area contributed by atoms with Gasteiger partial charge in [0.1, 0.15) is 28.7 Å². The van der Waals surface area contributed by atoms with Crippen molar-refractivity contribution in [2.45, 2.75) is 0 Å². The first-order valence-corrected chi connectivity index (χ1v) is 19.9. The Morgan fingerprint density at radius 1 is 0.390 bits per heavy atom. The van der Waals surface area contributed by atoms with Gasteiger partial charge >= 0.3 is 0 Å². The van der Waals surface area contributed by atoms with Gasteiger partial charge in [-0.1, -0.05) is 127 Å². The first-order valence-electron chi connectivity index (χ1n) is 19.9. The largest absolute Gasteiger partial charge is 0.456 e. The second-order valence-electron chi connectivity index (χ2n) is 14.7. The molecule has 5 heteroatoms. The van der Waals surface area contributed by atoms with E-state index in [9.17, 15) is 0 Å². The number of pyridine rings is 1. The van der Waals surface area contributed by atoms with Crippen LogP contribution in [0.15, 0.2) is 225 Å². The monoisotopic (exact) mass is 757 g/mol. The van der Waals surface area contributed by atoms with Crippen LogP contribution in [0, 0.1) is 0 Å². The first kappa shape index (κ1) is 34.2. The molecule has 5 nitrogen and oxygen atoms in total. The highest BCUT2D eigenvalue weighted by molar-refractivity contribution is 6.09. The van der Waals surface area contributed by atoms with Crippen LogP contribution < -0.4 is 4.74 Å². The molecule has 59 heavy (non-hydrogen) atoms. The average molecular weight is 758 g/mol. The van der Waals surface area contributed by atoms with Crippen LogP contribution in [-0.4, -0.2) is 18.7 Å². The lowest BCUT2D eigenvalue weighted by Gasteiger charge is -2.17. The number of hydrogen-bond donors (Lipinski definition) is 0. The van der Waals surface area contributed by atoms with E-state index >= 15 is 0 Å². The Morgan fingerprint density at radius 2 is 0.949 bits per heavy atom. The molecule has 11 rings (SSSR count). The molecule has 0 bridgehead atoms. The van der Waals surface area contributed by atoms with E-state index in [-0.39, 0.29) is 0 Å². The van der Waals surface area contributed by atoms with Gasteiger partial charge in [-0.15, -0.1) is 0 Å². The van der Waals surface area contributed by atoms with Crippen LogP contribution in [-0.2, 0) is 0 Å². The van der Waals surface area contributed by atoms with E-state index in [2.05, 4.69) is 214 Å². The molecule has 0 aliphatic rings. The van der Waals surface area contributed by atoms with Crippen LogP contribution in [0.25, 0.3) is 83.4 Å². The van der Waals surface area contributed by atoms with Crippen molar-refractivity contribution in [3.05, 3.63) is 225 Å². The molecular formula is C54H37N4O+. The minimum absolute atomic E-state index is 0.743. The van der Waals surface area contributed by atoms with Crippen LogP contribution in [0.5, 0.6) is 11.5 Å².